The van der Waals surface area contributed by atoms with Crippen LogP contribution in [0.1, 0.15) is 73.6 Å². The summed E-state index contributed by atoms with van der Waals surface area (Å²) < 4.78 is 10.1. The number of ether oxygens (including phenoxy) is 2. The van der Waals surface area contributed by atoms with Crippen molar-refractivity contribution in [2.75, 3.05) is 7.11 Å². The van der Waals surface area contributed by atoms with Crippen LogP contribution in [0.4, 0.5) is 0 Å². The molecule has 2 aliphatic rings. The highest BCUT2D eigenvalue weighted by Gasteiger charge is 2.52. The monoisotopic (exact) mass is 430 g/mol. The number of primary amides is 1. The van der Waals surface area contributed by atoms with Gasteiger partial charge in [0.05, 0.1) is 23.9 Å². The summed E-state index contributed by atoms with van der Waals surface area (Å²) in [6.07, 6.45) is 3.65. The fraction of sp³-hybridized carbons (Fsp3) is 0.810. The fourth-order valence-corrected chi connectivity index (χ4v) is 3.14. The number of rotatable bonds is 8. The van der Waals surface area contributed by atoms with E-state index in [0.29, 0.717) is 19.3 Å². The van der Waals surface area contributed by atoms with Gasteiger partial charge in [-0.15, -0.1) is 0 Å². The molecule has 0 aromatic rings. The first kappa shape index (κ1) is 27.8. The molecule has 2 unspecified atom stereocenters. The first-order chi connectivity index (χ1) is 13.2. The molecular weight excluding hydrogens is 392 g/mol. The average molecular weight is 431 g/mol. The minimum Gasteiger partial charge on any atom is -0.480 e. The Morgan fingerprint density at radius 1 is 1.03 bits per heavy atom. The van der Waals surface area contributed by atoms with Crippen LogP contribution in [0.3, 0.4) is 0 Å². The van der Waals surface area contributed by atoms with Gasteiger partial charge in [-0.2, -0.15) is 0 Å². The zero-order valence-corrected chi connectivity index (χ0v) is 17.9. The van der Waals surface area contributed by atoms with Crippen molar-refractivity contribution in [1.82, 2.24) is 0 Å². The fourth-order valence-electron chi connectivity index (χ4n) is 3.14. The number of nitrogens with two attached hydrogens (primary N) is 2. The van der Waals surface area contributed by atoms with Crippen molar-refractivity contribution in [3.05, 3.63) is 0 Å². The highest BCUT2D eigenvalue weighted by Crippen LogP contribution is 2.51. The summed E-state index contributed by atoms with van der Waals surface area (Å²) in [6, 6.07) is -0.972. The van der Waals surface area contributed by atoms with Crippen LogP contribution < -0.4 is 11.5 Å². The molecule has 0 aliphatic heterocycles. The van der Waals surface area contributed by atoms with E-state index in [0.717, 1.165) is 12.8 Å². The lowest BCUT2D eigenvalue weighted by Crippen LogP contribution is -2.37. The van der Waals surface area contributed by atoms with Crippen LogP contribution in [0.5, 0.6) is 0 Å². The molecule has 2 rings (SSSR count). The highest BCUT2D eigenvalue weighted by molar-refractivity contribution is 5.85. The van der Waals surface area contributed by atoms with Gasteiger partial charge >= 0.3 is 17.9 Å². The lowest BCUT2D eigenvalue weighted by atomic mass is 9.93. The zero-order valence-electron chi connectivity index (χ0n) is 17.9. The summed E-state index contributed by atoms with van der Waals surface area (Å²) in [5.74, 6) is -2.22. The molecule has 30 heavy (non-hydrogen) atoms. The molecular formula is C21H38N2O7. The molecule has 0 bridgehead atoms. The largest absolute Gasteiger partial charge is 0.480 e. The summed E-state index contributed by atoms with van der Waals surface area (Å²) >= 11 is 0. The van der Waals surface area contributed by atoms with E-state index in [2.05, 4.69) is 0 Å². The van der Waals surface area contributed by atoms with Crippen molar-refractivity contribution < 1.29 is 33.8 Å². The van der Waals surface area contributed by atoms with Crippen LogP contribution in [0, 0.1) is 16.7 Å². The van der Waals surface area contributed by atoms with Gasteiger partial charge < -0.3 is 26.0 Å². The van der Waals surface area contributed by atoms with E-state index in [1.54, 1.807) is 6.92 Å². The van der Waals surface area contributed by atoms with Crippen molar-refractivity contribution >= 4 is 23.8 Å². The molecule has 2 saturated carbocycles. The van der Waals surface area contributed by atoms with Gasteiger partial charge in [0.25, 0.3) is 0 Å². The molecule has 0 saturated heterocycles. The van der Waals surface area contributed by atoms with E-state index in [4.69, 9.17) is 26.0 Å². The van der Waals surface area contributed by atoms with Crippen LogP contribution in [0.25, 0.3) is 0 Å². The molecule has 0 spiro atoms. The number of aliphatic carboxylic acids is 1. The SMILES string of the molecule is C.COC(=O)C1(CC(C)C(=O)OC(C)(C)C)CC1.NC(=O)C1(CC(N)C(=O)O)CC1. The number of carbonyl (C=O) groups excluding carboxylic acids is 3. The number of carbonyl (C=O) groups is 4. The van der Waals surface area contributed by atoms with Gasteiger partial charge in [0.1, 0.15) is 11.6 Å². The van der Waals surface area contributed by atoms with E-state index in [9.17, 15) is 19.2 Å². The van der Waals surface area contributed by atoms with Gasteiger partial charge in [0.15, 0.2) is 0 Å². The number of hydrogen-bond acceptors (Lipinski definition) is 7. The Morgan fingerprint density at radius 2 is 1.50 bits per heavy atom. The Labute approximate surface area is 178 Å². The van der Waals surface area contributed by atoms with E-state index in [-0.39, 0.29) is 31.7 Å². The van der Waals surface area contributed by atoms with Crippen molar-refractivity contribution in [2.45, 2.75) is 85.3 Å². The van der Waals surface area contributed by atoms with Crippen LogP contribution >= 0.6 is 0 Å². The van der Waals surface area contributed by atoms with Gasteiger partial charge in [-0.1, -0.05) is 14.4 Å². The summed E-state index contributed by atoms with van der Waals surface area (Å²) in [6.45, 7) is 7.32. The number of esters is 2. The van der Waals surface area contributed by atoms with Crippen LogP contribution in [-0.4, -0.2) is 47.7 Å². The van der Waals surface area contributed by atoms with Crippen molar-refractivity contribution in [3.8, 4) is 0 Å². The number of carboxylic acid groups (broad SMARTS) is 1. The molecule has 0 radical (unpaired) electrons. The molecule has 0 heterocycles. The van der Waals surface area contributed by atoms with E-state index in [1.165, 1.54) is 7.11 Å². The maximum Gasteiger partial charge on any atom is 0.320 e. The van der Waals surface area contributed by atoms with Crippen LogP contribution in [0.2, 0.25) is 0 Å². The average Bonchev–Trinajstić information content (AvgIpc) is 3.50. The van der Waals surface area contributed by atoms with Crippen LogP contribution in [-0.2, 0) is 28.7 Å². The number of hydrogen-bond donors (Lipinski definition) is 3. The predicted molar refractivity (Wildman–Crippen MR) is 111 cm³/mol. The Bertz CT molecular complexity index is 646. The zero-order chi connectivity index (χ0) is 22.6. The topological polar surface area (TPSA) is 159 Å². The maximum atomic E-state index is 11.8. The molecule has 1 amide bonds. The number of carboxylic acids is 1. The van der Waals surface area contributed by atoms with Crippen LogP contribution in [0.15, 0.2) is 0 Å². The minimum atomic E-state index is -1.08. The Kier molecular flexibility index (Phi) is 9.50. The van der Waals surface area contributed by atoms with Gasteiger partial charge in [0.2, 0.25) is 5.91 Å². The van der Waals surface area contributed by atoms with Gasteiger partial charge in [-0.25, -0.2) is 0 Å². The Balaban J connectivity index is 0.000000573. The molecule has 2 atom stereocenters. The highest BCUT2D eigenvalue weighted by atomic mass is 16.6. The third-order valence-electron chi connectivity index (χ3n) is 5.28. The molecule has 0 aromatic heterocycles. The molecule has 174 valence electrons. The first-order valence-corrected chi connectivity index (χ1v) is 9.78. The molecule has 9 heteroatoms. The van der Waals surface area contributed by atoms with Gasteiger partial charge in [-0.3, -0.25) is 19.2 Å². The maximum absolute atomic E-state index is 11.8. The summed E-state index contributed by atoms with van der Waals surface area (Å²) in [5.41, 5.74) is 8.85. The third-order valence-corrected chi connectivity index (χ3v) is 5.28. The molecule has 9 nitrogen and oxygen atoms in total. The Morgan fingerprint density at radius 3 is 1.80 bits per heavy atom. The molecule has 2 aliphatic carbocycles. The first-order valence-electron chi connectivity index (χ1n) is 9.78. The second kappa shape index (κ2) is 10.2. The number of amides is 1. The standard InChI is InChI=1S/C13H22O4.C7H12N2O3.CH4/c1-9(10(14)17-12(2,3)4)8-13(6-7-13)11(15)16-5;8-4(5(10)11)3-7(1-2-7)6(9)12;/h9H,6-8H2,1-5H3;4H,1-3,8H2,(H2,9,12)(H,10,11);1H4. The van der Waals surface area contributed by atoms with Crippen molar-refractivity contribution in [2.24, 2.45) is 28.2 Å². The van der Waals surface area contributed by atoms with Crippen molar-refractivity contribution in [1.29, 1.82) is 0 Å². The van der Waals surface area contributed by atoms with Crippen molar-refractivity contribution in [3.63, 3.8) is 0 Å². The summed E-state index contributed by atoms with van der Waals surface area (Å²) in [7, 11) is 1.39. The summed E-state index contributed by atoms with van der Waals surface area (Å²) in [4.78, 5) is 44.5. The molecule has 2 fully saturated rings. The lowest BCUT2D eigenvalue weighted by molar-refractivity contribution is -0.161. The summed E-state index contributed by atoms with van der Waals surface area (Å²) in [5, 5.41) is 8.48. The normalized spacial score (nSPS) is 19.5. The quantitative estimate of drug-likeness (QED) is 0.493. The minimum absolute atomic E-state index is 0. The second-order valence-electron chi connectivity index (χ2n) is 9.20. The van der Waals surface area contributed by atoms with E-state index in [1.807, 2.05) is 20.8 Å². The predicted octanol–water partition coefficient (Wildman–Crippen LogP) is 2.00. The van der Waals surface area contributed by atoms with E-state index < -0.39 is 34.3 Å². The molecule has 0 aromatic carbocycles. The van der Waals surface area contributed by atoms with E-state index >= 15 is 0 Å². The second-order valence-corrected chi connectivity index (χ2v) is 9.20. The van der Waals surface area contributed by atoms with Gasteiger partial charge in [-0.05, 0) is 59.3 Å². The number of methoxy groups -OCH3 is 1. The molecule has 5 N–H and O–H groups in total. The smallest absolute Gasteiger partial charge is 0.320 e. The van der Waals surface area contributed by atoms with Gasteiger partial charge in [0, 0.05) is 0 Å². The third kappa shape index (κ3) is 7.93. The lowest BCUT2D eigenvalue weighted by Gasteiger charge is -2.23. The Hall–Kier alpha value is -2.16.